The summed E-state index contributed by atoms with van der Waals surface area (Å²) in [5.41, 5.74) is 4.23. The maximum Gasteiger partial charge on any atom is 0.0864 e. The smallest absolute Gasteiger partial charge is 0.0864 e. The highest BCUT2D eigenvalue weighted by Gasteiger charge is 2.17. The summed E-state index contributed by atoms with van der Waals surface area (Å²) in [6.45, 7) is 4.14. The fourth-order valence-corrected chi connectivity index (χ4v) is 2.94. The molecule has 2 aromatic rings. The van der Waals surface area contributed by atoms with Gasteiger partial charge in [0.05, 0.1) is 5.38 Å². The third-order valence-corrected chi connectivity index (χ3v) is 4.21. The molecule has 0 aliphatic heterocycles. The molecule has 0 aromatic heterocycles. The van der Waals surface area contributed by atoms with Crippen LogP contribution in [0.5, 0.6) is 0 Å². The van der Waals surface area contributed by atoms with E-state index in [1.165, 1.54) is 11.1 Å². The number of rotatable bonds is 2. The molecule has 0 spiro atoms. The van der Waals surface area contributed by atoms with Crippen molar-refractivity contribution in [1.82, 2.24) is 0 Å². The van der Waals surface area contributed by atoms with Crippen molar-refractivity contribution in [3.63, 3.8) is 0 Å². The van der Waals surface area contributed by atoms with Crippen molar-refractivity contribution in [2.75, 3.05) is 0 Å². The number of alkyl halides is 1. The zero-order chi connectivity index (χ0) is 13.3. The second kappa shape index (κ2) is 5.52. The predicted molar refractivity (Wildman–Crippen MR) is 80.1 cm³/mol. The first-order valence-electron chi connectivity index (χ1n) is 5.66. The van der Waals surface area contributed by atoms with Gasteiger partial charge in [0.25, 0.3) is 0 Å². The molecule has 0 radical (unpaired) electrons. The van der Waals surface area contributed by atoms with Crippen LogP contribution in [-0.4, -0.2) is 0 Å². The molecule has 0 saturated heterocycles. The van der Waals surface area contributed by atoms with Gasteiger partial charge in [-0.2, -0.15) is 0 Å². The van der Waals surface area contributed by atoms with E-state index in [-0.39, 0.29) is 5.38 Å². The molecule has 1 atom stereocenters. The molecule has 0 bridgehead atoms. The highest BCUT2D eigenvalue weighted by Crippen LogP contribution is 2.38. The maximum absolute atomic E-state index is 6.50. The summed E-state index contributed by atoms with van der Waals surface area (Å²) in [6, 6.07) is 11.6. The van der Waals surface area contributed by atoms with Crippen LogP contribution in [0, 0.1) is 13.8 Å². The Morgan fingerprint density at radius 1 is 0.889 bits per heavy atom. The highest BCUT2D eigenvalue weighted by molar-refractivity contribution is 6.38. The van der Waals surface area contributed by atoms with Crippen molar-refractivity contribution in [3.05, 3.63) is 68.7 Å². The van der Waals surface area contributed by atoms with Gasteiger partial charge in [0.15, 0.2) is 0 Å². The zero-order valence-electron chi connectivity index (χ0n) is 10.2. The predicted octanol–water partition coefficient (Wildman–Crippen LogP) is 5.94. The van der Waals surface area contributed by atoms with Crippen molar-refractivity contribution in [2.24, 2.45) is 0 Å². The lowest BCUT2D eigenvalue weighted by molar-refractivity contribution is 1.12. The van der Waals surface area contributed by atoms with Crippen LogP contribution in [0.2, 0.25) is 10.0 Å². The third-order valence-electron chi connectivity index (χ3n) is 3.08. The number of hydrogen-bond donors (Lipinski definition) is 0. The first kappa shape index (κ1) is 13.7. The van der Waals surface area contributed by atoms with Crippen LogP contribution in [0.25, 0.3) is 0 Å². The van der Waals surface area contributed by atoms with Crippen LogP contribution in [0.3, 0.4) is 0 Å². The number of halogens is 3. The summed E-state index contributed by atoms with van der Waals surface area (Å²) in [4.78, 5) is 0. The van der Waals surface area contributed by atoms with Crippen molar-refractivity contribution >= 4 is 34.8 Å². The lowest BCUT2D eigenvalue weighted by Gasteiger charge is -2.15. The first-order chi connectivity index (χ1) is 8.50. The lowest BCUT2D eigenvalue weighted by Crippen LogP contribution is -1.97. The van der Waals surface area contributed by atoms with Gasteiger partial charge >= 0.3 is 0 Å². The number of hydrogen-bond acceptors (Lipinski definition) is 0. The summed E-state index contributed by atoms with van der Waals surface area (Å²) >= 11 is 18.9. The second-order valence-corrected chi connectivity index (χ2v) is 5.59. The molecular formula is C15H13Cl3. The number of aryl methyl sites for hydroxylation is 2. The van der Waals surface area contributed by atoms with Gasteiger partial charge in [-0.05, 0) is 42.7 Å². The molecule has 0 aliphatic rings. The highest BCUT2D eigenvalue weighted by atomic mass is 35.5. The SMILES string of the molecule is Cc1ccc(C(Cl)c2c(Cl)cccc2Cl)cc1C. The molecule has 0 fully saturated rings. The van der Waals surface area contributed by atoms with Gasteiger partial charge in [-0.1, -0.05) is 47.5 Å². The summed E-state index contributed by atoms with van der Waals surface area (Å²) < 4.78 is 0. The average Bonchev–Trinajstić information content (AvgIpc) is 2.32. The van der Waals surface area contributed by atoms with E-state index < -0.39 is 0 Å². The average molecular weight is 300 g/mol. The van der Waals surface area contributed by atoms with Crippen molar-refractivity contribution in [1.29, 1.82) is 0 Å². The maximum atomic E-state index is 6.50. The van der Waals surface area contributed by atoms with Gasteiger partial charge in [0.1, 0.15) is 0 Å². The molecular weight excluding hydrogens is 287 g/mol. The van der Waals surface area contributed by atoms with E-state index in [1.54, 1.807) is 12.1 Å². The van der Waals surface area contributed by atoms with Crippen molar-refractivity contribution in [2.45, 2.75) is 19.2 Å². The fraction of sp³-hybridized carbons (Fsp3) is 0.200. The summed E-state index contributed by atoms with van der Waals surface area (Å²) in [6.07, 6.45) is 0. The van der Waals surface area contributed by atoms with Gasteiger partial charge in [0.2, 0.25) is 0 Å². The Balaban J connectivity index is 2.48. The van der Waals surface area contributed by atoms with E-state index in [4.69, 9.17) is 34.8 Å². The molecule has 3 heteroatoms. The Morgan fingerprint density at radius 3 is 2.06 bits per heavy atom. The second-order valence-electron chi connectivity index (χ2n) is 4.34. The third kappa shape index (κ3) is 2.66. The van der Waals surface area contributed by atoms with E-state index in [2.05, 4.69) is 26.0 Å². The van der Waals surface area contributed by atoms with E-state index in [9.17, 15) is 0 Å². The Hall–Kier alpha value is -0.690. The Labute approximate surface area is 122 Å². The van der Waals surface area contributed by atoms with Gasteiger partial charge in [-0.15, -0.1) is 11.6 Å². The molecule has 0 nitrogen and oxygen atoms in total. The van der Waals surface area contributed by atoms with Crippen molar-refractivity contribution in [3.8, 4) is 0 Å². The normalized spacial score (nSPS) is 12.5. The topological polar surface area (TPSA) is 0 Å². The minimum absolute atomic E-state index is 0.328. The monoisotopic (exact) mass is 298 g/mol. The molecule has 18 heavy (non-hydrogen) atoms. The molecule has 2 aromatic carbocycles. The lowest BCUT2D eigenvalue weighted by atomic mass is 10.00. The van der Waals surface area contributed by atoms with Gasteiger partial charge in [0, 0.05) is 15.6 Å². The standard InChI is InChI=1S/C15H13Cl3/c1-9-6-7-11(8-10(9)2)15(18)14-12(16)4-3-5-13(14)17/h3-8,15H,1-2H3. The van der Waals surface area contributed by atoms with Crippen LogP contribution in [0.1, 0.15) is 27.6 Å². The zero-order valence-corrected chi connectivity index (χ0v) is 12.4. The van der Waals surface area contributed by atoms with E-state index in [0.717, 1.165) is 11.1 Å². The molecule has 0 saturated carbocycles. The molecule has 0 N–H and O–H groups in total. The van der Waals surface area contributed by atoms with Gasteiger partial charge in [-0.3, -0.25) is 0 Å². The van der Waals surface area contributed by atoms with Crippen LogP contribution < -0.4 is 0 Å². The molecule has 0 heterocycles. The molecule has 94 valence electrons. The van der Waals surface area contributed by atoms with Crippen molar-refractivity contribution < 1.29 is 0 Å². The molecule has 0 amide bonds. The Kier molecular flexibility index (Phi) is 4.21. The van der Waals surface area contributed by atoms with Gasteiger partial charge in [-0.25, -0.2) is 0 Å². The Morgan fingerprint density at radius 2 is 1.50 bits per heavy atom. The first-order valence-corrected chi connectivity index (χ1v) is 6.85. The summed E-state index contributed by atoms with van der Waals surface area (Å²) in [7, 11) is 0. The Bertz CT molecular complexity index is 556. The summed E-state index contributed by atoms with van der Waals surface area (Å²) in [5.74, 6) is 0. The van der Waals surface area contributed by atoms with Crippen LogP contribution >= 0.6 is 34.8 Å². The van der Waals surface area contributed by atoms with Gasteiger partial charge < -0.3 is 0 Å². The quantitative estimate of drug-likeness (QED) is 0.602. The molecule has 2 rings (SSSR count). The van der Waals surface area contributed by atoms with Crippen LogP contribution in [-0.2, 0) is 0 Å². The molecule has 0 aliphatic carbocycles. The van der Waals surface area contributed by atoms with Crippen LogP contribution in [0.15, 0.2) is 36.4 Å². The van der Waals surface area contributed by atoms with Crippen LogP contribution in [0.4, 0.5) is 0 Å². The molecule has 1 unspecified atom stereocenters. The largest absolute Gasteiger partial charge is 0.112 e. The van der Waals surface area contributed by atoms with E-state index in [1.807, 2.05) is 12.1 Å². The minimum atomic E-state index is -0.328. The summed E-state index contributed by atoms with van der Waals surface area (Å²) in [5, 5.41) is 0.868. The van der Waals surface area contributed by atoms with E-state index >= 15 is 0 Å². The minimum Gasteiger partial charge on any atom is -0.112 e. The van der Waals surface area contributed by atoms with E-state index in [0.29, 0.717) is 10.0 Å². The number of benzene rings is 2. The fourth-order valence-electron chi connectivity index (χ4n) is 1.84.